The number of hydrogen-bond acceptors (Lipinski definition) is 4. The summed E-state index contributed by atoms with van der Waals surface area (Å²) in [5.74, 6) is 0.453. The third-order valence-corrected chi connectivity index (χ3v) is 7.14. The number of rotatable bonds is 6. The monoisotopic (exact) mass is 377 g/mol. The highest BCUT2D eigenvalue weighted by atomic mass is 32.2. The first-order valence-electron chi connectivity index (χ1n) is 9.00. The summed E-state index contributed by atoms with van der Waals surface area (Å²) >= 11 is 0. The van der Waals surface area contributed by atoms with Crippen LogP contribution in [0.5, 0.6) is 0 Å². The van der Waals surface area contributed by atoms with E-state index in [0.717, 1.165) is 16.8 Å². The van der Waals surface area contributed by atoms with Gasteiger partial charge >= 0.3 is 0 Å². The standard InChI is InChI=1S/C19H27N3O3S/c1-13-14(2)21-18-5-4-15(10-17(13)18)11-20-19(23)6-8-22(3)16-7-9-26(24,25)12-16/h4-5,10,16,21H,6-9,11-12H2,1-3H3,(H,20,23)/t16-/m1/s1. The molecule has 142 valence electrons. The average molecular weight is 378 g/mol. The quantitative estimate of drug-likeness (QED) is 0.806. The van der Waals surface area contributed by atoms with Crippen LogP contribution in [-0.2, 0) is 21.2 Å². The van der Waals surface area contributed by atoms with Crippen LogP contribution in [-0.4, -0.2) is 55.3 Å². The summed E-state index contributed by atoms with van der Waals surface area (Å²) < 4.78 is 23.1. The van der Waals surface area contributed by atoms with Crippen molar-refractivity contribution in [2.45, 2.75) is 39.3 Å². The number of hydrogen-bond donors (Lipinski definition) is 2. The van der Waals surface area contributed by atoms with Crippen molar-refractivity contribution in [2.75, 3.05) is 25.1 Å². The Bertz CT molecular complexity index is 917. The van der Waals surface area contributed by atoms with Gasteiger partial charge in [-0.15, -0.1) is 0 Å². The van der Waals surface area contributed by atoms with Crippen LogP contribution >= 0.6 is 0 Å². The van der Waals surface area contributed by atoms with Crippen LogP contribution < -0.4 is 5.32 Å². The SMILES string of the molecule is Cc1[nH]c2ccc(CNC(=O)CCN(C)[C@@H]3CCS(=O)(=O)C3)cc2c1C. The predicted octanol–water partition coefficient (Wildman–Crippen LogP) is 1.91. The molecule has 1 aromatic carbocycles. The van der Waals surface area contributed by atoms with Crippen molar-refractivity contribution >= 4 is 26.6 Å². The molecule has 1 aliphatic heterocycles. The molecule has 0 saturated carbocycles. The first kappa shape index (κ1) is 18.9. The van der Waals surface area contributed by atoms with Crippen molar-refractivity contribution in [1.29, 1.82) is 0 Å². The fourth-order valence-electron chi connectivity index (χ4n) is 3.49. The molecule has 1 fully saturated rings. The van der Waals surface area contributed by atoms with Gasteiger partial charge in [-0.1, -0.05) is 6.07 Å². The molecule has 6 nitrogen and oxygen atoms in total. The van der Waals surface area contributed by atoms with Crippen molar-refractivity contribution in [2.24, 2.45) is 0 Å². The highest BCUT2D eigenvalue weighted by molar-refractivity contribution is 7.91. The Morgan fingerprint density at radius 1 is 1.35 bits per heavy atom. The molecule has 26 heavy (non-hydrogen) atoms. The van der Waals surface area contributed by atoms with Crippen molar-refractivity contribution in [3.8, 4) is 0 Å². The van der Waals surface area contributed by atoms with Crippen LogP contribution in [0.25, 0.3) is 10.9 Å². The summed E-state index contributed by atoms with van der Waals surface area (Å²) in [5, 5.41) is 4.15. The number of H-pyrrole nitrogens is 1. The molecule has 0 spiro atoms. The van der Waals surface area contributed by atoms with E-state index < -0.39 is 9.84 Å². The van der Waals surface area contributed by atoms with Gasteiger partial charge in [-0.3, -0.25) is 4.79 Å². The maximum Gasteiger partial charge on any atom is 0.221 e. The zero-order chi connectivity index (χ0) is 18.9. The minimum atomic E-state index is -2.89. The summed E-state index contributed by atoms with van der Waals surface area (Å²) in [6.07, 6.45) is 1.04. The first-order chi connectivity index (χ1) is 12.2. The molecule has 2 heterocycles. The lowest BCUT2D eigenvalue weighted by molar-refractivity contribution is -0.121. The fourth-order valence-corrected chi connectivity index (χ4v) is 5.30. The number of nitrogens with zero attached hydrogens (tertiary/aromatic N) is 1. The Hall–Kier alpha value is -1.86. The van der Waals surface area contributed by atoms with E-state index in [1.54, 1.807) is 0 Å². The molecule has 0 aliphatic carbocycles. The van der Waals surface area contributed by atoms with Crippen LogP contribution in [0, 0.1) is 13.8 Å². The molecule has 0 bridgehead atoms. The van der Waals surface area contributed by atoms with E-state index in [-0.39, 0.29) is 23.5 Å². The van der Waals surface area contributed by atoms with Crippen LogP contribution in [0.15, 0.2) is 18.2 Å². The molecule has 1 saturated heterocycles. The van der Waals surface area contributed by atoms with Gasteiger partial charge in [-0.2, -0.15) is 0 Å². The number of nitrogens with one attached hydrogen (secondary N) is 2. The molecule has 2 N–H and O–H groups in total. The normalized spacial score (nSPS) is 19.3. The molecule has 0 unspecified atom stereocenters. The van der Waals surface area contributed by atoms with Crippen LogP contribution in [0.3, 0.4) is 0 Å². The van der Waals surface area contributed by atoms with Crippen molar-refractivity contribution in [3.05, 3.63) is 35.0 Å². The van der Waals surface area contributed by atoms with E-state index in [1.807, 2.05) is 24.1 Å². The van der Waals surface area contributed by atoms with Crippen molar-refractivity contribution in [1.82, 2.24) is 15.2 Å². The van der Waals surface area contributed by atoms with Gasteiger partial charge < -0.3 is 15.2 Å². The zero-order valence-corrected chi connectivity index (χ0v) is 16.4. The molecule has 3 rings (SSSR count). The molecule has 1 aliphatic rings. The van der Waals surface area contributed by atoms with E-state index in [2.05, 4.69) is 30.2 Å². The average Bonchev–Trinajstić information content (AvgIpc) is 3.10. The lowest BCUT2D eigenvalue weighted by atomic mass is 10.1. The Balaban J connectivity index is 1.49. The van der Waals surface area contributed by atoms with Gasteiger partial charge in [0.1, 0.15) is 0 Å². The number of carbonyl (C=O) groups is 1. The zero-order valence-electron chi connectivity index (χ0n) is 15.6. The van der Waals surface area contributed by atoms with Gasteiger partial charge in [0.2, 0.25) is 5.91 Å². The van der Waals surface area contributed by atoms with Gasteiger partial charge in [0.25, 0.3) is 0 Å². The van der Waals surface area contributed by atoms with Gasteiger partial charge in [-0.25, -0.2) is 8.42 Å². The molecule has 1 atom stereocenters. The van der Waals surface area contributed by atoms with Crippen LogP contribution in [0.1, 0.15) is 29.7 Å². The van der Waals surface area contributed by atoms with Gasteiger partial charge in [0, 0.05) is 42.1 Å². The maximum absolute atomic E-state index is 12.1. The number of amides is 1. The van der Waals surface area contributed by atoms with Gasteiger partial charge in [0.05, 0.1) is 11.5 Å². The fraction of sp³-hybridized carbons (Fsp3) is 0.526. The van der Waals surface area contributed by atoms with E-state index in [0.29, 0.717) is 25.9 Å². The first-order valence-corrected chi connectivity index (χ1v) is 10.8. The van der Waals surface area contributed by atoms with E-state index in [9.17, 15) is 13.2 Å². The number of fused-ring (bicyclic) bond motifs is 1. The van der Waals surface area contributed by atoms with Gasteiger partial charge in [-0.05, 0) is 50.6 Å². The molecular weight excluding hydrogens is 350 g/mol. The van der Waals surface area contributed by atoms with Crippen LogP contribution in [0.4, 0.5) is 0 Å². The van der Waals surface area contributed by atoms with Crippen molar-refractivity contribution < 1.29 is 13.2 Å². The smallest absolute Gasteiger partial charge is 0.221 e. The number of benzene rings is 1. The Labute approximate surface area is 154 Å². The predicted molar refractivity (Wildman–Crippen MR) is 104 cm³/mol. The molecule has 1 aromatic heterocycles. The Morgan fingerprint density at radius 3 is 2.81 bits per heavy atom. The number of carbonyl (C=O) groups excluding carboxylic acids is 1. The van der Waals surface area contributed by atoms with Gasteiger partial charge in [0.15, 0.2) is 9.84 Å². The highest BCUT2D eigenvalue weighted by Gasteiger charge is 2.30. The summed E-state index contributed by atoms with van der Waals surface area (Å²) in [4.78, 5) is 17.5. The maximum atomic E-state index is 12.1. The lowest BCUT2D eigenvalue weighted by Crippen LogP contribution is -2.36. The third-order valence-electron chi connectivity index (χ3n) is 5.39. The molecule has 0 radical (unpaired) electrons. The highest BCUT2D eigenvalue weighted by Crippen LogP contribution is 2.22. The third kappa shape index (κ3) is 4.27. The minimum Gasteiger partial charge on any atom is -0.358 e. The van der Waals surface area contributed by atoms with Crippen LogP contribution in [0.2, 0.25) is 0 Å². The molecule has 1 amide bonds. The Morgan fingerprint density at radius 2 is 2.12 bits per heavy atom. The number of aryl methyl sites for hydroxylation is 2. The summed E-state index contributed by atoms with van der Waals surface area (Å²) in [6, 6.07) is 6.22. The van der Waals surface area contributed by atoms with Crippen molar-refractivity contribution in [3.63, 3.8) is 0 Å². The molecule has 7 heteroatoms. The second-order valence-corrected chi connectivity index (χ2v) is 9.55. The summed E-state index contributed by atoms with van der Waals surface area (Å²) in [5.41, 5.74) is 4.59. The Kier molecular flexibility index (Phi) is 5.39. The lowest BCUT2D eigenvalue weighted by Gasteiger charge is -2.22. The number of aromatic amines is 1. The van der Waals surface area contributed by atoms with E-state index >= 15 is 0 Å². The van der Waals surface area contributed by atoms with E-state index in [1.165, 1.54) is 10.9 Å². The summed E-state index contributed by atoms with van der Waals surface area (Å²) in [6.45, 7) is 5.22. The minimum absolute atomic E-state index is 0.0141. The second-order valence-electron chi connectivity index (χ2n) is 7.32. The topological polar surface area (TPSA) is 82.3 Å². The number of aromatic nitrogens is 1. The second kappa shape index (κ2) is 7.40. The largest absolute Gasteiger partial charge is 0.358 e. The van der Waals surface area contributed by atoms with E-state index in [4.69, 9.17) is 0 Å². The number of sulfone groups is 1. The summed E-state index contributed by atoms with van der Waals surface area (Å²) in [7, 11) is -0.997. The molecule has 2 aromatic rings. The molecular formula is C19H27N3O3S.